The zero-order valence-corrected chi connectivity index (χ0v) is 19.9. The molecule has 1 fully saturated rings. The summed E-state index contributed by atoms with van der Waals surface area (Å²) >= 11 is 0. The minimum atomic E-state index is -0.174. The van der Waals surface area contributed by atoms with Crippen LogP contribution in [0, 0.1) is 0 Å². The molecule has 0 unspecified atom stereocenters. The van der Waals surface area contributed by atoms with E-state index in [0.29, 0.717) is 6.54 Å². The molecule has 0 spiro atoms. The summed E-state index contributed by atoms with van der Waals surface area (Å²) in [5.41, 5.74) is 3.83. The van der Waals surface area contributed by atoms with Crippen molar-refractivity contribution < 1.29 is 9.53 Å². The number of benzene rings is 2. The summed E-state index contributed by atoms with van der Waals surface area (Å²) in [5.74, 6) is 0.0860. The number of carbonyl (C=O) groups excluding carboxylic acids is 1. The van der Waals surface area contributed by atoms with Crippen molar-refractivity contribution in [2.24, 2.45) is 0 Å². The van der Waals surface area contributed by atoms with Gasteiger partial charge in [0.1, 0.15) is 6.54 Å². The van der Waals surface area contributed by atoms with Gasteiger partial charge < -0.3 is 19.5 Å². The first kappa shape index (κ1) is 23.6. The molecule has 0 saturated carbocycles. The number of nitrogens with one attached hydrogen (secondary N) is 1. The lowest BCUT2D eigenvalue weighted by atomic mass is 10.1. The number of nitrogens with zero attached hydrogens (tertiary/aromatic N) is 3. The largest absolute Gasteiger partial charge is 0.491 e. The Morgan fingerprint density at radius 1 is 1.00 bits per heavy atom. The third-order valence-corrected chi connectivity index (χ3v) is 6.24. The average molecular weight is 461 g/mol. The molecular formula is C27H32N4O3. The quantitative estimate of drug-likeness (QED) is 0.558. The summed E-state index contributed by atoms with van der Waals surface area (Å²) in [5, 5.41) is 2.95. The molecule has 0 atom stereocenters. The van der Waals surface area contributed by atoms with Gasteiger partial charge in [-0.1, -0.05) is 37.3 Å². The van der Waals surface area contributed by atoms with Crippen LogP contribution in [0.25, 0.3) is 0 Å². The SMILES string of the molecule is CCc1ccc(NC(=O)Cn2cc(OC)c(=O)cc2CN2CCN(c3ccccc3)CC2)cc1. The lowest BCUT2D eigenvalue weighted by molar-refractivity contribution is -0.116. The number of para-hydroxylation sites is 1. The van der Waals surface area contributed by atoms with Gasteiger partial charge in [0.15, 0.2) is 5.75 Å². The van der Waals surface area contributed by atoms with E-state index in [1.54, 1.807) is 12.3 Å². The third kappa shape index (κ3) is 5.85. The molecule has 1 amide bonds. The zero-order chi connectivity index (χ0) is 23.9. The Morgan fingerprint density at radius 3 is 2.35 bits per heavy atom. The van der Waals surface area contributed by atoms with Crippen molar-refractivity contribution in [3.8, 4) is 5.75 Å². The van der Waals surface area contributed by atoms with Crippen molar-refractivity contribution in [1.82, 2.24) is 9.47 Å². The van der Waals surface area contributed by atoms with Crippen molar-refractivity contribution in [3.63, 3.8) is 0 Å². The average Bonchev–Trinajstić information content (AvgIpc) is 2.87. The number of ether oxygens (including phenoxy) is 1. The summed E-state index contributed by atoms with van der Waals surface area (Å²) in [7, 11) is 1.47. The molecule has 178 valence electrons. The van der Waals surface area contributed by atoms with Crippen LogP contribution in [-0.2, 0) is 24.3 Å². The molecule has 1 aliphatic rings. The molecule has 1 N–H and O–H groups in total. The monoisotopic (exact) mass is 460 g/mol. The van der Waals surface area contributed by atoms with E-state index < -0.39 is 0 Å². The number of rotatable bonds is 8. The van der Waals surface area contributed by atoms with Crippen molar-refractivity contribution in [3.05, 3.63) is 88.3 Å². The maximum absolute atomic E-state index is 12.8. The molecule has 1 aromatic heterocycles. The Morgan fingerprint density at radius 2 is 1.71 bits per heavy atom. The van der Waals surface area contributed by atoms with E-state index in [9.17, 15) is 9.59 Å². The number of aryl methyl sites for hydroxylation is 1. The highest BCUT2D eigenvalue weighted by Gasteiger charge is 2.19. The molecular weight excluding hydrogens is 428 g/mol. The molecule has 0 aliphatic carbocycles. The second-order valence-corrected chi connectivity index (χ2v) is 8.52. The summed E-state index contributed by atoms with van der Waals surface area (Å²) in [6.07, 6.45) is 2.59. The lowest BCUT2D eigenvalue weighted by Crippen LogP contribution is -2.46. The van der Waals surface area contributed by atoms with Crippen LogP contribution in [0.3, 0.4) is 0 Å². The number of anilines is 2. The fourth-order valence-electron chi connectivity index (χ4n) is 4.24. The van der Waals surface area contributed by atoms with Gasteiger partial charge in [-0.15, -0.1) is 0 Å². The molecule has 2 heterocycles. The van der Waals surface area contributed by atoms with Gasteiger partial charge in [0, 0.05) is 55.9 Å². The van der Waals surface area contributed by atoms with Gasteiger partial charge in [-0.25, -0.2) is 0 Å². The first-order chi connectivity index (χ1) is 16.6. The van der Waals surface area contributed by atoms with Gasteiger partial charge in [-0.3, -0.25) is 14.5 Å². The Labute approximate surface area is 200 Å². The van der Waals surface area contributed by atoms with Crippen LogP contribution in [0.15, 0.2) is 71.7 Å². The van der Waals surface area contributed by atoms with E-state index >= 15 is 0 Å². The van der Waals surface area contributed by atoms with Crippen LogP contribution in [0.4, 0.5) is 11.4 Å². The van der Waals surface area contributed by atoms with Crippen LogP contribution >= 0.6 is 0 Å². The highest BCUT2D eigenvalue weighted by Crippen LogP contribution is 2.17. The van der Waals surface area contributed by atoms with Crippen LogP contribution in [0.1, 0.15) is 18.2 Å². The zero-order valence-electron chi connectivity index (χ0n) is 19.9. The summed E-state index contributed by atoms with van der Waals surface area (Å²) in [6.45, 7) is 6.39. The highest BCUT2D eigenvalue weighted by atomic mass is 16.5. The maximum Gasteiger partial charge on any atom is 0.244 e. The topological polar surface area (TPSA) is 66.8 Å². The first-order valence-electron chi connectivity index (χ1n) is 11.7. The van der Waals surface area contributed by atoms with E-state index in [4.69, 9.17) is 4.74 Å². The van der Waals surface area contributed by atoms with Crippen molar-refractivity contribution >= 4 is 17.3 Å². The smallest absolute Gasteiger partial charge is 0.244 e. The Balaban J connectivity index is 1.44. The Hall–Kier alpha value is -3.58. The standard InChI is InChI=1S/C27H32N4O3/c1-3-21-9-11-22(12-10-21)28-27(33)20-31-19-26(34-2)25(32)17-24(31)18-29-13-15-30(16-14-29)23-7-5-4-6-8-23/h4-12,17,19H,3,13-16,18,20H2,1-2H3,(H,28,33). The molecule has 3 aromatic rings. The van der Waals surface area contributed by atoms with E-state index in [1.807, 2.05) is 34.9 Å². The summed E-state index contributed by atoms with van der Waals surface area (Å²) in [6, 6.07) is 19.8. The van der Waals surface area contributed by atoms with Crippen molar-refractivity contribution in [1.29, 1.82) is 0 Å². The fourth-order valence-corrected chi connectivity index (χ4v) is 4.24. The van der Waals surface area contributed by atoms with Gasteiger partial charge in [0.25, 0.3) is 0 Å². The number of methoxy groups -OCH3 is 1. The first-order valence-corrected chi connectivity index (χ1v) is 11.7. The van der Waals surface area contributed by atoms with Crippen LogP contribution < -0.4 is 20.4 Å². The van der Waals surface area contributed by atoms with Gasteiger partial charge in [0.05, 0.1) is 13.3 Å². The van der Waals surface area contributed by atoms with Crippen LogP contribution in [0.5, 0.6) is 5.75 Å². The minimum Gasteiger partial charge on any atom is -0.491 e. The molecule has 4 rings (SSSR count). The summed E-state index contributed by atoms with van der Waals surface area (Å²) in [4.78, 5) is 30.0. The van der Waals surface area contributed by atoms with Crippen molar-refractivity contribution in [2.45, 2.75) is 26.4 Å². The van der Waals surface area contributed by atoms with Crippen LogP contribution in [0.2, 0.25) is 0 Å². The third-order valence-electron chi connectivity index (χ3n) is 6.24. The summed E-state index contributed by atoms with van der Waals surface area (Å²) < 4.78 is 7.05. The Kier molecular flexibility index (Phi) is 7.65. The number of piperazine rings is 1. The number of carbonyl (C=O) groups is 1. The van der Waals surface area contributed by atoms with E-state index in [-0.39, 0.29) is 23.6 Å². The molecule has 34 heavy (non-hydrogen) atoms. The van der Waals surface area contributed by atoms with Gasteiger partial charge >= 0.3 is 0 Å². The Bertz CT molecular complexity index is 1150. The van der Waals surface area contributed by atoms with E-state index in [2.05, 4.69) is 46.3 Å². The predicted octanol–water partition coefficient (Wildman–Crippen LogP) is 3.38. The number of hydrogen-bond donors (Lipinski definition) is 1. The number of aromatic nitrogens is 1. The molecule has 7 nitrogen and oxygen atoms in total. The normalized spacial score (nSPS) is 14.1. The maximum atomic E-state index is 12.8. The van der Waals surface area contributed by atoms with E-state index in [0.717, 1.165) is 44.0 Å². The highest BCUT2D eigenvalue weighted by molar-refractivity contribution is 5.90. The minimum absolute atomic E-state index is 0.103. The molecule has 0 bridgehead atoms. The fraction of sp³-hybridized carbons (Fsp3) is 0.333. The second-order valence-electron chi connectivity index (χ2n) is 8.52. The molecule has 1 saturated heterocycles. The van der Waals surface area contributed by atoms with Gasteiger partial charge in [0.2, 0.25) is 11.3 Å². The van der Waals surface area contributed by atoms with Crippen LogP contribution in [-0.4, -0.2) is 48.7 Å². The lowest BCUT2D eigenvalue weighted by Gasteiger charge is -2.36. The van der Waals surface area contributed by atoms with Crippen molar-refractivity contribution in [2.75, 3.05) is 43.5 Å². The van der Waals surface area contributed by atoms with Gasteiger partial charge in [-0.2, -0.15) is 0 Å². The number of pyridine rings is 1. The molecule has 7 heteroatoms. The molecule has 1 aliphatic heterocycles. The number of hydrogen-bond acceptors (Lipinski definition) is 5. The molecule has 2 aromatic carbocycles. The molecule has 0 radical (unpaired) electrons. The second kappa shape index (κ2) is 11.0. The van der Waals surface area contributed by atoms with Gasteiger partial charge in [-0.05, 0) is 36.2 Å². The van der Waals surface area contributed by atoms with E-state index in [1.165, 1.54) is 18.4 Å². The predicted molar refractivity (Wildman–Crippen MR) is 136 cm³/mol. The number of amides is 1.